The van der Waals surface area contributed by atoms with Crippen molar-refractivity contribution in [2.75, 3.05) is 6.54 Å². The quantitative estimate of drug-likeness (QED) is 0.357. The van der Waals surface area contributed by atoms with E-state index in [0.29, 0.717) is 18.2 Å². The van der Waals surface area contributed by atoms with Gasteiger partial charge in [0.05, 0.1) is 16.9 Å². The molecule has 0 bridgehead atoms. The molecule has 0 saturated heterocycles. The Labute approximate surface area is 167 Å². The molecular formula is C17H23ClN8O2. The molecule has 150 valence electrons. The minimum atomic E-state index is -1.41. The molecule has 0 spiro atoms. The Morgan fingerprint density at radius 1 is 1.29 bits per heavy atom. The summed E-state index contributed by atoms with van der Waals surface area (Å²) in [4.78, 5) is 26.7. The predicted molar refractivity (Wildman–Crippen MR) is 112 cm³/mol. The van der Waals surface area contributed by atoms with Crippen LogP contribution in [0.1, 0.15) is 32.1 Å². The van der Waals surface area contributed by atoms with Crippen molar-refractivity contribution < 1.29 is 9.90 Å². The molecule has 11 heteroatoms. The van der Waals surface area contributed by atoms with Gasteiger partial charge in [-0.05, 0) is 18.8 Å². The number of aliphatic imine (C=N–C) groups is 4. The van der Waals surface area contributed by atoms with Gasteiger partial charge in [0.2, 0.25) is 0 Å². The number of carbonyl (C=O) groups is 1. The highest BCUT2D eigenvalue weighted by atomic mass is 35.5. The Balaban J connectivity index is 2.27. The van der Waals surface area contributed by atoms with Crippen molar-refractivity contribution in [2.24, 2.45) is 31.6 Å². The van der Waals surface area contributed by atoms with Crippen LogP contribution in [-0.4, -0.2) is 47.8 Å². The molecular weight excluding hydrogens is 384 g/mol. The number of nitrogens with two attached hydrogens (primary N) is 1. The molecule has 0 unspecified atom stereocenters. The zero-order valence-electron chi connectivity index (χ0n) is 15.2. The normalized spacial score (nSPS) is 28.3. The van der Waals surface area contributed by atoms with Gasteiger partial charge in [-0.3, -0.25) is 15.7 Å². The first-order valence-corrected chi connectivity index (χ1v) is 9.19. The molecule has 1 amide bonds. The zero-order valence-corrected chi connectivity index (χ0v) is 16.0. The van der Waals surface area contributed by atoms with Crippen LogP contribution in [-0.2, 0) is 0 Å². The first-order valence-electron chi connectivity index (χ1n) is 8.81. The van der Waals surface area contributed by atoms with Gasteiger partial charge in [0.1, 0.15) is 6.34 Å². The summed E-state index contributed by atoms with van der Waals surface area (Å²) in [5.41, 5.74) is 6.50. The third-order valence-corrected chi connectivity index (χ3v) is 4.31. The molecule has 1 fully saturated rings. The molecule has 1 aliphatic heterocycles. The average molecular weight is 407 g/mol. The lowest BCUT2D eigenvalue weighted by Gasteiger charge is -2.22. The van der Waals surface area contributed by atoms with E-state index in [9.17, 15) is 4.79 Å². The van der Waals surface area contributed by atoms with Crippen LogP contribution in [0.5, 0.6) is 0 Å². The smallest absolute Gasteiger partial charge is 0.410 e. The van der Waals surface area contributed by atoms with Gasteiger partial charge in [-0.25, -0.2) is 19.8 Å². The predicted octanol–water partition coefficient (Wildman–Crippen LogP) is 2.19. The Kier molecular flexibility index (Phi) is 8.35. The number of hydrogen-bond donors (Lipinski definition) is 5. The number of nitrogens with zero attached hydrogens (tertiary/aromatic N) is 4. The molecule has 28 heavy (non-hydrogen) atoms. The van der Waals surface area contributed by atoms with Gasteiger partial charge >= 0.3 is 6.09 Å². The minimum Gasteiger partial charge on any atom is -0.465 e. The van der Waals surface area contributed by atoms with E-state index in [1.807, 2.05) is 5.32 Å². The maximum absolute atomic E-state index is 10.8. The van der Waals surface area contributed by atoms with Gasteiger partial charge < -0.3 is 16.2 Å². The third-order valence-electron chi connectivity index (χ3n) is 4.11. The lowest BCUT2D eigenvalue weighted by molar-refractivity contribution is 0.200. The molecule has 0 aromatic carbocycles. The van der Waals surface area contributed by atoms with Gasteiger partial charge in [0.15, 0.2) is 17.5 Å². The monoisotopic (exact) mass is 406 g/mol. The number of carboxylic acid groups (broad SMARTS) is 1. The topological polar surface area (TPSA) is 161 Å². The van der Waals surface area contributed by atoms with Crippen molar-refractivity contribution >= 4 is 47.8 Å². The maximum atomic E-state index is 10.8. The van der Waals surface area contributed by atoms with Crippen molar-refractivity contribution in [3.8, 4) is 0 Å². The van der Waals surface area contributed by atoms with Gasteiger partial charge in [-0.2, -0.15) is 0 Å². The van der Waals surface area contributed by atoms with Gasteiger partial charge in [0.25, 0.3) is 0 Å². The number of rotatable bonds is 4. The van der Waals surface area contributed by atoms with E-state index >= 15 is 0 Å². The standard InChI is InChI=1S/C17H23ClN8O2/c18-12-7-21-9-13(23-6-11-4-2-1-3-5-11)14(19)25-16(24-10-22-8-12)15(20)26-17(27)28/h7-11,23H,1-6H2,(H2,20,26)(H,27,28)(H2,19,22,24,25). The van der Waals surface area contributed by atoms with E-state index in [1.54, 1.807) is 0 Å². The highest BCUT2D eigenvalue weighted by Crippen LogP contribution is 2.23. The fourth-order valence-corrected chi connectivity index (χ4v) is 2.86. The lowest BCUT2D eigenvalue weighted by atomic mass is 9.89. The molecule has 2 rings (SSSR count). The summed E-state index contributed by atoms with van der Waals surface area (Å²) in [5, 5.41) is 22.0. The second-order valence-corrected chi connectivity index (χ2v) is 6.68. The van der Waals surface area contributed by atoms with E-state index < -0.39 is 11.9 Å². The van der Waals surface area contributed by atoms with E-state index in [-0.39, 0.29) is 16.7 Å². The van der Waals surface area contributed by atoms with Crippen molar-refractivity contribution in [3.63, 3.8) is 0 Å². The highest BCUT2D eigenvalue weighted by Gasteiger charge is 2.16. The molecule has 10 nitrogen and oxygen atoms in total. The molecule has 0 radical (unpaired) electrons. The molecule has 1 aliphatic carbocycles. The van der Waals surface area contributed by atoms with Crippen LogP contribution in [0.2, 0.25) is 0 Å². The summed E-state index contributed by atoms with van der Waals surface area (Å²) in [6.07, 6.45) is 9.81. The summed E-state index contributed by atoms with van der Waals surface area (Å²) in [6, 6.07) is 0. The maximum Gasteiger partial charge on any atom is 0.410 e. The van der Waals surface area contributed by atoms with Crippen molar-refractivity contribution in [1.82, 2.24) is 10.6 Å². The first kappa shape index (κ1) is 21.3. The molecule has 0 aromatic heterocycles. The molecule has 0 aromatic rings. The van der Waals surface area contributed by atoms with E-state index in [0.717, 1.165) is 19.2 Å². The minimum absolute atomic E-state index is 0.0118. The number of halogens is 1. The lowest BCUT2D eigenvalue weighted by Crippen LogP contribution is -2.36. The molecule has 2 aliphatic rings. The SMILES string of the molecule is N=C(NC(=O)O)C1=N/C=N\C=C(Cl)/C=N/C=C(NCC2CCCCC2)/C(N)=N\1. The molecule has 0 atom stereocenters. The second-order valence-electron chi connectivity index (χ2n) is 6.24. The average Bonchev–Trinajstić information content (AvgIpc) is 2.66. The largest absolute Gasteiger partial charge is 0.465 e. The summed E-state index contributed by atoms with van der Waals surface area (Å²) in [7, 11) is 0. The van der Waals surface area contributed by atoms with Crippen LogP contribution in [0.3, 0.4) is 0 Å². The second kappa shape index (κ2) is 11.0. The fourth-order valence-electron chi connectivity index (χ4n) is 2.74. The number of amidine groups is 3. The fraction of sp³-hybridized carbons (Fsp3) is 0.412. The highest BCUT2D eigenvalue weighted by molar-refractivity contribution is 6.44. The summed E-state index contributed by atoms with van der Waals surface area (Å²) in [5.74, 6) is -0.242. The molecule has 1 heterocycles. The molecule has 6 N–H and O–H groups in total. The van der Waals surface area contributed by atoms with Gasteiger partial charge in [0, 0.05) is 19.0 Å². The Hall–Kier alpha value is -3.01. The van der Waals surface area contributed by atoms with Crippen molar-refractivity contribution in [1.29, 1.82) is 5.41 Å². The Morgan fingerprint density at radius 2 is 2.04 bits per heavy atom. The van der Waals surface area contributed by atoms with Gasteiger partial charge in [-0.15, -0.1) is 0 Å². The van der Waals surface area contributed by atoms with E-state index in [2.05, 4.69) is 25.3 Å². The number of nitrogens with one attached hydrogen (secondary N) is 3. The number of hydrogen-bond acceptors (Lipinski definition) is 8. The Morgan fingerprint density at radius 3 is 2.75 bits per heavy atom. The zero-order chi connectivity index (χ0) is 20.4. The van der Waals surface area contributed by atoms with Gasteiger partial charge in [-0.1, -0.05) is 30.9 Å². The van der Waals surface area contributed by atoms with Crippen LogP contribution < -0.4 is 16.4 Å². The van der Waals surface area contributed by atoms with Crippen LogP contribution >= 0.6 is 11.6 Å². The van der Waals surface area contributed by atoms with Crippen LogP contribution in [0.15, 0.2) is 43.1 Å². The molecule has 1 saturated carbocycles. The van der Waals surface area contributed by atoms with E-state index in [1.165, 1.54) is 37.9 Å². The summed E-state index contributed by atoms with van der Waals surface area (Å²) < 4.78 is 0. The van der Waals surface area contributed by atoms with Crippen molar-refractivity contribution in [3.05, 3.63) is 23.1 Å². The first-order chi connectivity index (χ1) is 13.5. The third kappa shape index (κ3) is 7.31. The Bertz CT molecular complexity index is 776. The number of amides is 1. The number of allylic oxidation sites excluding steroid dienone is 1. The van der Waals surface area contributed by atoms with Crippen LogP contribution in [0.25, 0.3) is 0 Å². The summed E-state index contributed by atoms with van der Waals surface area (Å²) in [6.45, 7) is 0.708. The van der Waals surface area contributed by atoms with Crippen LogP contribution in [0.4, 0.5) is 4.79 Å². The summed E-state index contributed by atoms with van der Waals surface area (Å²) >= 11 is 5.97. The van der Waals surface area contributed by atoms with E-state index in [4.69, 9.17) is 27.9 Å². The van der Waals surface area contributed by atoms with Crippen LogP contribution in [0, 0.1) is 11.3 Å². The van der Waals surface area contributed by atoms with Crippen molar-refractivity contribution in [2.45, 2.75) is 32.1 Å².